The number of halogens is 3. The van der Waals surface area contributed by atoms with E-state index in [1.165, 1.54) is 10.9 Å². The first-order valence-corrected chi connectivity index (χ1v) is 8.08. The molecule has 5 nitrogen and oxygen atoms in total. The summed E-state index contributed by atoms with van der Waals surface area (Å²) in [6.07, 6.45) is -0.584. The van der Waals surface area contributed by atoms with Crippen LogP contribution in [0, 0.1) is 11.8 Å². The monoisotopic (exact) mass is 328 g/mol. The molecule has 1 N–H and O–H groups in total. The van der Waals surface area contributed by atoms with Gasteiger partial charge in [0.25, 0.3) is 0 Å². The zero-order chi connectivity index (χ0) is 16.2. The fourth-order valence-electron chi connectivity index (χ4n) is 3.85. The highest BCUT2D eigenvalue weighted by Gasteiger charge is 2.52. The summed E-state index contributed by atoms with van der Waals surface area (Å²) in [5.41, 5.74) is -0.856. The lowest BCUT2D eigenvalue weighted by atomic mass is 10.0. The minimum absolute atomic E-state index is 0.0434. The third-order valence-corrected chi connectivity index (χ3v) is 5.32. The fraction of sp³-hybridized carbons (Fsp3) is 0.733. The van der Waals surface area contributed by atoms with Crippen molar-refractivity contribution in [1.82, 2.24) is 20.0 Å². The van der Waals surface area contributed by atoms with Gasteiger partial charge in [0.05, 0.1) is 12.1 Å². The van der Waals surface area contributed by atoms with Crippen molar-refractivity contribution < 1.29 is 18.0 Å². The molecule has 1 aromatic heterocycles. The van der Waals surface area contributed by atoms with E-state index in [1.54, 1.807) is 0 Å². The van der Waals surface area contributed by atoms with Gasteiger partial charge in [0.15, 0.2) is 5.69 Å². The number of amides is 1. The minimum Gasteiger partial charge on any atom is -0.341 e. The van der Waals surface area contributed by atoms with E-state index in [0.717, 1.165) is 19.0 Å². The largest absolute Gasteiger partial charge is 0.435 e. The maximum absolute atomic E-state index is 12.6. The summed E-state index contributed by atoms with van der Waals surface area (Å²) in [6, 6.07) is 0.895. The topological polar surface area (TPSA) is 50.2 Å². The molecule has 0 bridgehead atoms. The van der Waals surface area contributed by atoms with Crippen LogP contribution in [0.1, 0.15) is 31.0 Å². The molecule has 8 heteroatoms. The van der Waals surface area contributed by atoms with E-state index in [9.17, 15) is 18.0 Å². The fourth-order valence-corrected chi connectivity index (χ4v) is 3.85. The molecule has 3 atom stereocenters. The van der Waals surface area contributed by atoms with Gasteiger partial charge in [-0.05, 0) is 43.7 Å². The predicted molar refractivity (Wildman–Crippen MR) is 75.5 cm³/mol. The van der Waals surface area contributed by atoms with Gasteiger partial charge in [-0.15, -0.1) is 0 Å². The van der Waals surface area contributed by atoms with Crippen LogP contribution in [-0.2, 0) is 11.0 Å². The van der Waals surface area contributed by atoms with Crippen molar-refractivity contribution in [2.75, 3.05) is 19.6 Å². The Labute approximate surface area is 131 Å². The molecular formula is C15H19F3N4O. The molecule has 1 aliphatic carbocycles. The maximum atomic E-state index is 12.6. The van der Waals surface area contributed by atoms with Crippen molar-refractivity contribution in [2.24, 2.45) is 11.8 Å². The zero-order valence-corrected chi connectivity index (χ0v) is 12.6. The molecule has 0 aromatic carbocycles. The second-order valence-electron chi connectivity index (χ2n) is 6.78. The molecule has 0 spiro atoms. The molecule has 2 aliphatic heterocycles. The van der Waals surface area contributed by atoms with E-state index in [0.29, 0.717) is 37.8 Å². The zero-order valence-electron chi connectivity index (χ0n) is 12.6. The van der Waals surface area contributed by atoms with Gasteiger partial charge in [-0.2, -0.15) is 18.3 Å². The van der Waals surface area contributed by atoms with E-state index in [4.69, 9.17) is 0 Å². The van der Waals surface area contributed by atoms with E-state index < -0.39 is 11.9 Å². The van der Waals surface area contributed by atoms with Crippen LogP contribution in [0.2, 0.25) is 0 Å². The molecular weight excluding hydrogens is 309 g/mol. The summed E-state index contributed by atoms with van der Waals surface area (Å²) in [5, 5.41) is 6.93. The van der Waals surface area contributed by atoms with Crippen molar-refractivity contribution in [3.63, 3.8) is 0 Å². The van der Waals surface area contributed by atoms with E-state index in [2.05, 4.69) is 10.4 Å². The highest BCUT2D eigenvalue weighted by Crippen LogP contribution is 2.45. The van der Waals surface area contributed by atoms with Crippen molar-refractivity contribution in [3.05, 3.63) is 18.0 Å². The Balaban J connectivity index is 1.35. The van der Waals surface area contributed by atoms with Crippen LogP contribution in [0.3, 0.4) is 0 Å². The summed E-state index contributed by atoms with van der Waals surface area (Å²) >= 11 is 0. The van der Waals surface area contributed by atoms with Crippen LogP contribution in [0.15, 0.2) is 12.3 Å². The van der Waals surface area contributed by atoms with E-state index in [1.807, 2.05) is 4.90 Å². The number of piperidine rings is 2. The molecule has 0 unspecified atom stereocenters. The Bertz CT molecular complexity index is 606. The first-order chi connectivity index (χ1) is 10.9. The molecule has 0 radical (unpaired) electrons. The van der Waals surface area contributed by atoms with Crippen molar-refractivity contribution >= 4 is 5.91 Å². The van der Waals surface area contributed by atoms with Gasteiger partial charge in [-0.25, -0.2) is 0 Å². The number of nitrogens with one attached hydrogen (secondary N) is 1. The highest BCUT2D eigenvalue weighted by atomic mass is 19.4. The number of hydrogen-bond donors (Lipinski definition) is 1. The van der Waals surface area contributed by atoms with Crippen LogP contribution < -0.4 is 5.32 Å². The molecule has 3 fully saturated rings. The number of carbonyl (C=O) groups is 1. The predicted octanol–water partition coefficient (Wildman–Crippen LogP) is 1.67. The standard InChI is InChI=1S/C15H19F3N4O/c16-15(17,18)12-3-6-22(20-12)10-1-4-21(5-2-10)14(23)13-11-7-9(11)8-19-13/h3,6,9-11,13,19H,1-2,4-5,7-8H2/t9-,11-,13+/m0/s1. The molecule has 23 heavy (non-hydrogen) atoms. The smallest absolute Gasteiger partial charge is 0.341 e. The summed E-state index contributed by atoms with van der Waals surface area (Å²) in [7, 11) is 0. The van der Waals surface area contributed by atoms with Crippen LogP contribution in [0.25, 0.3) is 0 Å². The number of carbonyl (C=O) groups excluding carboxylic acids is 1. The molecule has 1 amide bonds. The van der Waals surface area contributed by atoms with Gasteiger partial charge in [-0.3, -0.25) is 9.48 Å². The molecule has 4 rings (SSSR count). The lowest BCUT2D eigenvalue weighted by Gasteiger charge is -2.34. The summed E-state index contributed by atoms with van der Waals surface area (Å²) in [4.78, 5) is 14.4. The Morgan fingerprint density at radius 3 is 2.57 bits per heavy atom. The number of alkyl halides is 3. The third kappa shape index (κ3) is 2.73. The van der Waals surface area contributed by atoms with E-state index >= 15 is 0 Å². The van der Waals surface area contributed by atoms with Crippen LogP contribution >= 0.6 is 0 Å². The number of fused-ring (bicyclic) bond motifs is 1. The Hall–Kier alpha value is -1.57. The van der Waals surface area contributed by atoms with Gasteiger partial charge < -0.3 is 10.2 Å². The minimum atomic E-state index is -4.41. The number of rotatable bonds is 2. The van der Waals surface area contributed by atoms with Gasteiger partial charge in [-0.1, -0.05) is 0 Å². The summed E-state index contributed by atoms with van der Waals surface area (Å²) < 4.78 is 39.2. The second kappa shape index (κ2) is 5.22. The normalized spacial score (nSPS) is 31.3. The lowest BCUT2D eigenvalue weighted by Crippen LogP contribution is -2.48. The Morgan fingerprint density at radius 2 is 2.04 bits per heavy atom. The van der Waals surface area contributed by atoms with Crippen LogP contribution in [-0.4, -0.2) is 46.3 Å². The molecule has 126 valence electrons. The van der Waals surface area contributed by atoms with Crippen molar-refractivity contribution in [3.8, 4) is 0 Å². The van der Waals surface area contributed by atoms with Crippen molar-refractivity contribution in [1.29, 1.82) is 0 Å². The first kappa shape index (κ1) is 15.0. The summed E-state index contributed by atoms with van der Waals surface area (Å²) in [6.45, 7) is 2.10. The van der Waals surface area contributed by atoms with Gasteiger partial charge in [0, 0.05) is 19.3 Å². The maximum Gasteiger partial charge on any atom is 0.435 e. The average molecular weight is 328 g/mol. The molecule has 2 saturated heterocycles. The number of hydrogen-bond acceptors (Lipinski definition) is 3. The number of likely N-dealkylation sites (tertiary alicyclic amines) is 1. The van der Waals surface area contributed by atoms with Crippen LogP contribution in [0.4, 0.5) is 13.2 Å². The third-order valence-electron chi connectivity index (χ3n) is 5.32. The van der Waals surface area contributed by atoms with Crippen molar-refractivity contribution in [2.45, 2.75) is 37.5 Å². The number of aromatic nitrogens is 2. The Morgan fingerprint density at radius 1 is 1.30 bits per heavy atom. The molecule has 1 aromatic rings. The van der Waals surface area contributed by atoms with Crippen LogP contribution in [0.5, 0.6) is 0 Å². The second-order valence-corrected chi connectivity index (χ2v) is 6.78. The molecule has 1 saturated carbocycles. The Kier molecular flexibility index (Phi) is 3.40. The SMILES string of the molecule is O=C([C@@H]1NC[C@@H]2C[C@@H]21)N1CCC(n2ccc(C(F)(F)F)n2)CC1. The van der Waals surface area contributed by atoms with Gasteiger partial charge >= 0.3 is 6.18 Å². The quantitative estimate of drug-likeness (QED) is 0.898. The average Bonchev–Trinajstić information content (AvgIpc) is 2.97. The highest BCUT2D eigenvalue weighted by molar-refractivity contribution is 5.83. The molecule has 3 heterocycles. The lowest BCUT2D eigenvalue weighted by molar-refractivity contribution is -0.141. The van der Waals surface area contributed by atoms with Gasteiger partial charge in [0.2, 0.25) is 5.91 Å². The number of nitrogens with zero attached hydrogens (tertiary/aromatic N) is 3. The first-order valence-electron chi connectivity index (χ1n) is 8.08. The van der Waals surface area contributed by atoms with Gasteiger partial charge in [0.1, 0.15) is 0 Å². The molecule has 3 aliphatic rings. The summed E-state index contributed by atoms with van der Waals surface area (Å²) in [5.74, 6) is 1.33. The van der Waals surface area contributed by atoms with E-state index in [-0.39, 0.29) is 18.0 Å².